The predicted octanol–water partition coefficient (Wildman–Crippen LogP) is 2.17. The lowest BCUT2D eigenvalue weighted by Crippen LogP contribution is -2.17. The maximum absolute atomic E-state index is 12.2. The van der Waals surface area contributed by atoms with Gasteiger partial charge in [-0.15, -0.1) is 0 Å². The molecule has 122 valence electrons. The minimum atomic E-state index is -0.625. The SMILES string of the molecule is Cc1cc(C)c(-c2c(C#N)c(N)[nH]c(=O)c2C#N)c(-n2cccn2)c1. The number of nitrogens with zero attached hydrogens (tertiary/aromatic N) is 4. The topological polar surface area (TPSA) is 124 Å². The molecule has 0 spiro atoms. The number of aromatic amines is 1. The molecule has 3 rings (SSSR count). The molecule has 0 saturated carbocycles. The van der Waals surface area contributed by atoms with Gasteiger partial charge in [-0.2, -0.15) is 15.6 Å². The number of hydrogen-bond donors (Lipinski definition) is 2. The molecule has 7 heteroatoms. The lowest BCUT2D eigenvalue weighted by Gasteiger charge is -2.17. The molecule has 25 heavy (non-hydrogen) atoms. The van der Waals surface area contributed by atoms with Crippen LogP contribution in [0.1, 0.15) is 22.3 Å². The van der Waals surface area contributed by atoms with Crippen LogP contribution in [0.3, 0.4) is 0 Å². The number of aromatic nitrogens is 3. The fourth-order valence-electron chi connectivity index (χ4n) is 2.96. The zero-order valence-electron chi connectivity index (χ0n) is 13.7. The van der Waals surface area contributed by atoms with Gasteiger partial charge in [0, 0.05) is 23.5 Å². The Labute approximate surface area is 143 Å². The Morgan fingerprint density at radius 2 is 1.88 bits per heavy atom. The summed E-state index contributed by atoms with van der Waals surface area (Å²) in [6, 6.07) is 9.47. The van der Waals surface area contributed by atoms with Crippen molar-refractivity contribution in [2.24, 2.45) is 0 Å². The Kier molecular flexibility index (Phi) is 3.84. The largest absolute Gasteiger partial charge is 0.384 e. The van der Waals surface area contributed by atoms with E-state index in [9.17, 15) is 15.3 Å². The van der Waals surface area contributed by atoms with Gasteiger partial charge in [-0.1, -0.05) is 6.07 Å². The van der Waals surface area contributed by atoms with E-state index in [2.05, 4.69) is 10.1 Å². The number of pyridine rings is 1. The van der Waals surface area contributed by atoms with Crippen LogP contribution in [0.25, 0.3) is 16.8 Å². The number of rotatable bonds is 2. The highest BCUT2D eigenvalue weighted by Gasteiger charge is 2.23. The third-order valence-corrected chi connectivity index (χ3v) is 3.93. The summed E-state index contributed by atoms with van der Waals surface area (Å²) in [7, 11) is 0. The summed E-state index contributed by atoms with van der Waals surface area (Å²) in [6.45, 7) is 3.79. The molecular formula is C18H14N6O. The highest BCUT2D eigenvalue weighted by Crippen LogP contribution is 2.35. The first-order chi connectivity index (χ1) is 12.0. The maximum atomic E-state index is 12.2. The Morgan fingerprint density at radius 1 is 1.16 bits per heavy atom. The lowest BCUT2D eigenvalue weighted by atomic mass is 9.91. The number of hydrogen-bond acceptors (Lipinski definition) is 5. The van der Waals surface area contributed by atoms with Crippen molar-refractivity contribution in [2.75, 3.05) is 5.73 Å². The number of nitrogens with two attached hydrogens (primary N) is 1. The van der Waals surface area contributed by atoms with Crippen molar-refractivity contribution in [3.05, 3.63) is 63.2 Å². The van der Waals surface area contributed by atoms with Crippen LogP contribution in [0.2, 0.25) is 0 Å². The quantitative estimate of drug-likeness (QED) is 0.745. The van der Waals surface area contributed by atoms with Gasteiger partial charge in [0.2, 0.25) is 0 Å². The summed E-state index contributed by atoms with van der Waals surface area (Å²) in [5.41, 5.74) is 8.40. The van der Waals surface area contributed by atoms with Crippen LogP contribution in [0.15, 0.2) is 35.4 Å². The molecule has 3 N–H and O–H groups in total. The van der Waals surface area contributed by atoms with Crippen LogP contribution >= 0.6 is 0 Å². The van der Waals surface area contributed by atoms with Gasteiger partial charge in [0.1, 0.15) is 29.1 Å². The molecule has 1 aromatic carbocycles. The first-order valence-corrected chi connectivity index (χ1v) is 7.45. The summed E-state index contributed by atoms with van der Waals surface area (Å²) in [6.07, 6.45) is 3.39. The van der Waals surface area contributed by atoms with Gasteiger partial charge in [-0.3, -0.25) is 4.79 Å². The van der Waals surface area contributed by atoms with E-state index in [-0.39, 0.29) is 22.5 Å². The maximum Gasteiger partial charge on any atom is 0.268 e. The van der Waals surface area contributed by atoms with E-state index in [0.717, 1.165) is 11.1 Å². The average Bonchev–Trinajstić information content (AvgIpc) is 3.08. The third-order valence-electron chi connectivity index (χ3n) is 3.93. The summed E-state index contributed by atoms with van der Waals surface area (Å²) in [4.78, 5) is 14.6. The molecule has 0 radical (unpaired) electrons. The lowest BCUT2D eigenvalue weighted by molar-refractivity contribution is 0.879. The first kappa shape index (κ1) is 16.0. The summed E-state index contributed by atoms with van der Waals surface area (Å²) < 4.78 is 1.63. The minimum absolute atomic E-state index is 0.0621. The number of nitrogens with one attached hydrogen (secondary N) is 1. The molecule has 0 unspecified atom stereocenters. The number of benzene rings is 1. The molecule has 0 bridgehead atoms. The fraction of sp³-hybridized carbons (Fsp3) is 0.111. The second kappa shape index (κ2) is 5.99. The van der Waals surface area contributed by atoms with E-state index < -0.39 is 5.56 Å². The van der Waals surface area contributed by atoms with Crippen LogP contribution in [0, 0.1) is 36.5 Å². The van der Waals surface area contributed by atoms with Crippen LogP contribution in [0.4, 0.5) is 5.82 Å². The molecule has 0 aliphatic rings. The van der Waals surface area contributed by atoms with Crippen molar-refractivity contribution in [1.29, 1.82) is 10.5 Å². The molecule has 0 atom stereocenters. The Bertz CT molecular complexity index is 1110. The highest BCUT2D eigenvalue weighted by molar-refractivity contribution is 5.86. The van der Waals surface area contributed by atoms with E-state index >= 15 is 0 Å². The monoisotopic (exact) mass is 330 g/mol. The van der Waals surface area contributed by atoms with Crippen LogP contribution in [0.5, 0.6) is 0 Å². The van der Waals surface area contributed by atoms with Crippen molar-refractivity contribution in [3.8, 4) is 29.0 Å². The first-order valence-electron chi connectivity index (χ1n) is 7.45. The summed E-state index contributed by atoms with van der Waals surface area (Å²) >= 11 is 0. The van der Waals surface area contributed by atoms with Crippen molar-refractivity contribution in [2.45, 2.75) is 13.8 Å². The zero-order chi connectivity index (χ0) is 18.1. The molecule has 0 fully saturated rings. The summed E-state index contributed by atoms with van der Waals surface area (Å²) in [5.74, 6) is -0.0621. The highest BCUT2D eigenvalue weighted by atomic mass is 16.1. The van der Waals surface area contributed by atoms with E-state index in [4.69, 9.17) is 5.73 Å². The van der Waals surface area contributed by atoms with Gasteiger partial charge in [-0.25, -0.2) is 4.68 Å². The van der Waals surface area contributed by atoms with Gasteiger partial charge in [0.15, 0.2) is 0 Å². The molecule has 2 aromatic heterocycles. The Balaban J connectivity index is 2.54. The standard InChI is InChI=1S/C18H14N6O/c1-10-6-11(2)15(14(7-10)24-5-3-4-22-24)16-12(8-19)17(21)23-18(25)13(16)9-20/h3-7H,1-2H3,(H3,21,23,25). The van der Waals surface area contributed by atoms with Crippen molar-refractivity contribution < 1.29 is 0 Å². The van der Waals surface area contributed by atoms with Gasteiger partial charge < -0.3 is 10.7 Å². The number of H-pyrrole nitrogens is 1. The van der Waals surface area contributed by atoms with Crippen molar-refractivity contribution in [1.82, 2.24) is 14.8 Å². The minimum Gasteiger partial charge on any atom is -0.384 e. The number of aryl methyl sites for hydroxylation is 2. The molecule has 7 nitrogen and oxygen atoms in total. The van der Waals surface area contributed by atoms with Gasteiger partial charge in [0.25, 0.3) is 5.56 Å². The van der Waals surface area contributed by atoms with Crippen LogP contribution in [-0.2, 0) is 0 Å². The number of anilines is 1. The predicted molar refractivity (Wildman–Crippen MR) is 92.9 cm³/mol. The average molecular weight is 330 g/mol. The third kappa shape index (κ3) is 2.54. The molecule has 0 saturated heterocycles. The smallest absolute Gasteiger partial charge is 0.268 e. The van der Waals surface area contributed by atoms with Crippen molar-refractivity contribution in [3.63, 3.8) is 0 Å². The fourth-order valence-corrected chi connectivity index (χ4v) is 2.96. The van der Waals surface area contributed by atoms with Gasteiger partial charge in [0.05, 0.1) is 5.69 Å². The van der Waals surface area contributed by atoms with Crippen LogP contribution < -0.4 is 11.3 Å². The molecule has 3 aromatic rings. The molecule has 0 amide bonds. The van der Waals surface area contributed by atoms with Crippen molar-refractivity contribution >= 4 is 5.82 Å². The summed E-state index contributed by atoms with van der Waals surface area (Å²) in [5, 5.41) is 23.3. The molecule has 2 heterocycles. The Morgan fingerprint density at radius 3 is 2.48 bits per heavy atom. The van der Waals surface area contributed by atoms with Gasteiger partial charge in [-0.05, 0) is 37.1 Å². The molecule has 0 aliphatic heterocycles. The second-order valence-electron chi connectivity index (χ2n) is 5.64. The number of nitrogen functional groups attached to an aromatic ring is 1. The molecule has 0 aliphatic carbocycles. The zero-order valence-corrected chi connectivity index (χ0v) is 13.7. The van der Waals surface area contributed by atoms with E-state index in [1.165, 1.54) is 0 Å². The molecular weight excluding hydrogens is 316 g/mol. The van der Waals surface area contributed by atoms with Crippen LogP contribution in [-0.4, -0.2) is 14.8 Å². The number of nitriles is 2. The van der Waals surface area contributed by atoms with Gasteiger partial charge >= 0.3 is 0 Å². The normalized spacial score (nSPS) is 10.2. The van der Waals surface area contributed by atoms with E-state index in [1.807, 2.05) is 38.1 Å². The Hall–Kier alpha value is -3.84. The van der Waals surface area contributed by atoms with E-state index in [0.29, 0.717) is 11.3 Å². The second-order valence-corrected chi connectivity index (χ2v) is 5.64. The van der Waals surface area contributed by atoms with E-state index in [1.54, 1.807) is 23.1 Å².